The number of nitrogens with one attached hydrogen (secondary N) is 1. The highest BCUT2D eigenvalue weighted by atomic mass is 16.5. The van der Waals surface area contributed by atoms with Crippen molar-refractivity contribution in [2.75, 3.05) is 13.2 Å². The Morgan fingerprint density at radius 1 is 1.26 bits per heavy atom. The van der Waals surface area contributed by atoms with Gasteiger partial charge in [0.1, 0.15) is 18.1 Å². The van der Waals surface area contributed by atoms with E-state index >= 15 is 0 Å². The zero-order chi connectivity index (χ0) is 17.2. The number of aromatic hydroxyl groups is 1. The van der Waals surface area contributed by atoms with Gasteiger partial charge in [0.25, 0.3) is 5.91 Å². The van der Waals surface area contributed by atoms with Crippen LogP contribution in [0.1, 0.15) is 50.9 Å². The number of phenolic OH excluding ortho intramolecular Hbond substituents is 1. The van der Waals surface area contributed by atoms with Crippen molar-refractivity contribution in [2.45, 2.75) is 40.5 Å². The van der Waals surface area contributed by atoms with Crippen LogP contribution >= 0.6 is 0 Å². The molecule has 0 aliphatic carbocycles. The molecule has 2 N–H and O–H groups in total. The number of hydrogen-bond acceptors (Lipinski definition) is 3. The predicted octanol–water partition coefficient (Wildman–Crippen LogP) is 4.21. The lowest BCUT2D eigenvalue weighted by molar-refractivity contribution is 0.0953. The Hall–Kier alpha value is -2.23. The quantitative estimate of drug-likeness (QED) is 0.706. The van der Waals surface area contributed by atoms with E-state index in [1.54, 1.807) is 12.1 Å². The van der Waals surface area contributed by atoms with E-state index in [4.69, 9.17) is 4.74 Å². The van der Waals surface area contributed by atoms with Gasteiger partial charge >= 0.3 is 0 Å². The molecule has 0 aliphatic heterocycles. The number of ether oxygens (including phenoxy) is 1. The van der Waals surface area contributed by atoms with Crippen LogP contribution in [-0.2, 0) is 0 Å². The third kappa shape index (κ3) is 7.04. The van der Waals surface area contributed by atoms with Crippen molar-refractivity contribution in [3.63, 3.8) is 0 Å². The maximum absolute atomic E-state index is 11.7. The standard InChI is InChI=1S/C19H27NO3/c1-5-20-19(22)17-10-9-16(13-18(17)21)23-12-11-15(4)8-6-7-14(2)3/h7,9-11,13,21H,5-6,8,12H2,1-4H3,(H,20,22)/b15-11+. The van der Waals surface area contributed by atoms with Gasteiger partial charge in [-0.05, 0) is 58.7 Å². The molecule has 4 nitrogen and oxygen atoms in total. The van der Waals surface area contributed by atoms with Crippen molar-refractivity contribution in [3.05, 3.63) is 47.1 Å². The Balaban J connectivity index is 2.54. The monoisotopic (exact) mass is 317 g/mol. The molecular formula is C19H27NO3. The zero-order valence-electron chi connectivity index (χ0n) is 14.5. The van der Waals surface area contributed by atoms with E-state index < -0.39 is 0 Å². The molecule has 0 atom stereocenters. The molecule has 0 radical (unpaired) electrons. The van der Waals surface area contributed by atoms with Crippen molar-refractivity contribution in [1.82, 2.24) is 5.32 Å². The number of allylic oxidation sites excluding steroid dienone is 3. The minimum absolute atomic E-state index is 0.0716. The first-order valence-corrected chi connectivity index (χ1v) is 7.97. The SMILES string of the molecule is CCNC(=O)c1ccc(OC/C=C(\C)CCC=C(C)C)cc1O. The van der Waals surface area contributed by atoms with Gasteiger partial charge in [0.05, 0.1) is 5.56 Å². The number of phenols is 1. The highest BCUT2D eigenvalue weighted by molar-refractivity contribution is 5.96. The molecule has 0 aliphatic rings. The van der Waals surface area contributed by atoms with Gasteiger partial charge in [-0.15, -0.1) is 0 Å². The Kier molecular flexibility index (Phi) is 7.95. The Morgan fingerprint density at radius 2 is 2.00 bits per heavy atom. The molecule has 0 fully saturated rings. The molecule has 0 unspecified atom stereocenters. The number of benzene rings is 1. The van der Waals surface area contributed by atoms with E-state index in [1.807, 2.05) is 13.0 Å². The van der Waals surface area contributed by atoms with Gasteiger partial charge in [-0.2, -0.15) is 0 Å². The fourth-order valence-corrected chi connectivity index (χ4v) is 2.02. The minimum Gasteiger partial charge on any atom is -0.507 e. The molecule has 1 aromatic carbocycles. The normalized spacial score (nSPS) is 11.0. The van der Waals surface area contributed by atoms with Crippen molar-refractivity contribution in [3.8, 4) is 11.5 Å². The second-order valence-corrected chi connectivity index (χ2v) is 5.72. The summed E-state index contributed by atoms with van der Waals surface area (Å²) in [6, 6.07) is 4.73. The van der Waals surface area contributed by atoms with Crippen molar-refractivity contribution in [1.29, 1.82) is 0 Å². The van der Waals surface area contributed by atoms with Crippen molar-refractivity contribution < 1.29 is 14.6 Å². The lowest BCUT2D eigenvalue weighted by atomic mass is 10.1. The van der Waals surface area contributed by atoms with Crippen molar-refractivity contribution >= 4 is 5.91 Å². The van der Waals surface area contributed by atoms with E-state index in [-0.39, 0.29) is 17.2 Å². The molecule has 1 rings (SSSR count). The summed E-state index contributed by atoms with van der Waals surface area (Å²) in [6.07, 6.45) is 6.30. The maximum atomic E-state index is 11.7. The van der Waals surface area contributed by atoms with Gasteiger partial charge in [-0.25, -0.2) is 0 Å². The molecule has 0 saturated heterocycles. The van der Waals surface area contributed by atoms with E-state index in [1.165, 1.54) is 17.2 Å². The van der Waals surface area contributed by atoms with Gasteiger partial charge in [0.15, 0.2) is 0 Å². The Bertz CT molecular complexity index is 584. The van der Waals surface area contributed by atoms with Crippen LogP contribution < -0.4 is 10.1 Å². The van der Waals surface area contributed by atoms with E-state index in [9.17, 15) is 9.90 Å². The summed E-state index contributed by atoms with van der Waals surface area (Å²) < 4.78 is 5.60. The molecule has 0 spiro atoms. The number of carbonyl (C=O) groups is 1. The summed E-state index contributed by atoms with van der Waals surface area (Å²) in [4.78, 5) is 11.7. The Labute approximate surface area is 138 Å². The lowest BCUT2D eigenvalue weighted by Gasteiger charge is -2.08. The number of rotatable bonds is 8. The van der Waals surface area contributed by atoms with Crippen LogP contribution in [0.4, 0.5) is 0 Å². The molecular weight excluding hydrogens is 290 g/mol. The molecule has 0 aromatic heterocycles. The summed E-state index contributed by atoms with van der Waals surface area (Å²) in [5, 5.41) is 12.6. The molecule has 0 heterocycles. The average molecular weight is 317 g/mol. The smallest absolute Gasteiger partial charge is 0.255 e. The van der Waals surface area contributed by atoms with Crippen LogP contribution in [0.2, 0.25) is 0 Å². The summed E-state index contributed by atoms with van der Waals surface area (Å²) in [7, 11) is 0. The number of amides is 1. The summed E-state index contributed by atoms with van der Waals surface area (Å²) >= 11 is 0. The second-order valence-electron chi connectivity index (χ2n) is 5.72. The van der Waals surface area contributed by atoms with Crippen LogP contribution in [0.25, 0.3) is 0 Å². The van der Waals surface area contributed by atoms with Gasteiger partial charge in [-0.3, -0.25) is 4.79 Å². The molecule has 0 bridgehead atoms. The molecule has 23 heavy (non-hydrogen) atoms. The van der Waals surface area contributed by atoms with Crippen molar-refractivity contribution in [2.24, 2.45) is 0 Å². The third-order valence-electron chi connectivity index (χ3n) is 3.32. The highest BCUT2D eigenvalue weighted by Crippen LogP contribution is 2.23. The first-order chi connectivity index (χ1) is 10.9. The Morgan fingerprint density at radius 3 is 2.61 bits per heavy atom. The van der Waals surface area contributed by atoms with Crippen LogP contribution in [0.15, 0.2) is 41.5 Å². The number of hydrogen-bond donors (Lipinski definition) is 2. The molecule has 1 amide bonds. The van der Waals surface area contributed by atoms with Crippen LogP contribution in [-0.4, -0.2) is 24.2 Å². The van der Waals surface area contributed by atoms with Gasteiger partial charge in [0.2, 0.25) is 0 Å². The second kappa shape index (κ2) is 9.72. The zero-order valence-corrected chi connectivity index (χ0v) is 14.5. The fraction of sp³-hybridized carbons (Fsp3) is 0.421. The maximum Gasteiger partial charge on any atom is 0.255 e. The topological polar surface area (TPSA) is 58.6 Å². The highest BCUT2D eigenvalue weighted by Gasteiger charge is 2.10. The summed E-state index contributed by atoms with van der Waals surface area (Å²) in [5.74, 6) is 0.188. The summed E-state index contributed by atoms with van der Waals surface area (Å²) in [6.45, 7) is 9.07. The lowest BCUT2D eigenvalue weighted by Crippen LogP contribution is -2.22. The molecule has 4 heteroatoms. The first kappa shape index (κ1) is 18.8. The van der Waals surface area contributed by atoms with E-state index in [2.05, 4.69) is 32.2 Å². The van der Waals surface area contributed by atoms with Gasteiger partial charge in [-0.1, -0.05) is 17.2 Å². The largest absolute Gasteiger partial charge is 0.507 e. The van der Waals surface area contributed by atoms with E-state index in [0.29, 0.717) is 18.9 Å². The van der Waals surface area contributed by atoms with Crippen LogP contribution in [0, 0.1) is 0 Å². The minimum atomic E-state index is -0.286. The number of carbonyl (C=O) groups excluding carboxylic acids is 1. The molecule has 0 saturated carbocycles. The van der Waals surface area contributed by atoms with Gasteiger partial charge in [0, 0.05) is 12.6 Å². The van der Waals surface area contributed by atoms with E-state index in [0.717, 1.165) is 12.8 Å². The average Bonchev–Trinajstić information content (AvgIpc) is 2.47. The van der Waals surface area contributed by atoms with Crippen LogP contribution in [0.3, 0.4) is 0 Å². The first-order valence-electron chi connectivity index (χ1n) is 7.97. The van der Waals surface area contributed by atoms with Gasteiger partial charge < -0.3 is 15.2 Å². The molecule has 1 aromatic rings. The molecule has 126 valence electrons. The predicted molar refractivity (Wildman–Crippen MR) is 94.0 cm³/mol. The van der Waals surface area contributed by atoms with Crippen LogP contribution in [0.5, 0.6) is 11.5 Å². The summed E-state index contributed by atoms with van der Waals surface area (Å²) in [5.41, 5.74) is 2.86. The fourth-order valence-electron chi connectivity index (χ4n) is 2.02. The third-order valence-corrected chi connectivity index (χ3v) is 3.32.